The van der Waals surface area contributed by atoms with E-state index in [1.165, 1.54) is 6.92 Å². The van der Waals surface area contributed by atoms with Crippen molar-refractivity contribution in [1.29, 1.82) is 0 Å². The van der Waals surface area contributed by atoms with Crippen LogP contribution in [0.3, 0.4) is 0 Å². The fourth-order valence-electron chi connectivity index (χ4n) is 1.75. The zero-order valence-corrected chi connectivity index (χ0v) is 11.9. The van der Waals surface area contributed by atoms with Crippen molar-refractivity contribution in [2.24, 2.45) is 5.92 Å². The summed E-state index contributed by atoms with van der Waals surface area (Å²) in [5.74, 6) is -2.30. The number of halogens is 3. The number of carbonyl (C=O) groups excluding carboxylic acids is 1. The molecule has 0 amide bonds. The molecule has 0 atom stereocenters. The van der Waals surface area contributed by atoms with E-state index in [0.717, 1.165) is 16.8 Å². The molecule has 7 heteroatoms. The molecule has 0 spiro atoms. The second kappa shape index (κ2) is 5.28. The maximum Gasteiger partial charge on any atom is 0.187 e. The Balaban J connectivity index is 2.62. The quantitative estimate of drug-likeness (QED) is 0.645. The first-order valence-corrected chi connectivity index (χ1v) is 6.32. The zero-order chi connectivity index (χ0) is 15.0. The molecule has 20 heavy (non-hydrogen) atoms. The summed E-state index contributed by atoms with van der Waals surface area (Å²) in [4.78, 5) is 11.9. The van der Waals surface area contributed by atoms with Crippen LogP contribution in [0, 0.1) is 24.5 Å². The first-order valence-electron chi connectivity index (χ1n) is 5.95. The predicted octanol–water partition coefficient (Wildman–Crippen LogP) is 3.35. The van der Waals surface area contributed by atoms with Gasteiger partial charge in [0.2, 0.25) is 0 Å². The number of hydrogen-bond donors (Lipinski definition) is 0. The van der Waals surface area contributed by atoms with Crippen LogP contribution in [0.4, 0.5) is 8.78 Å². The number of aromatic nitrogens is 3. The highest BCUT2D eigenvalue weighted by molar-refractivity contribution is 6.30. The van der Waals surface area contributed by atoms with Gasteiger partial charge in [-0.05, 0) is 19.1 Å². The first-order chi connectivity index (χ1) is 9.34. The lowest BCUT2D eigenvalue weighted by atomic mass is 10.1. The van der Waals surface area contributed by atoms with Gasteiger partial charge in [0.1, 0.15) is 5.69 Å². The number of nitrogens with zero attached hydrogens (tertiary/aromatic N) is 3. The molecule has 106 valence electrons. The highest BCUT2D eigenvalue weighted by Crippen LogP contribution is 2.25. The van der Waals surface area contributed by atoms with Gasteiger partial charge in [0.25, 0.3) is 0 Å². The van der Waals surface area contributed by atoms with Crippen LogP contribution in [0.15, 0.2) is 12.1 Å². The van der Waals surface area contributed by atoms with Crippen molar-refractivity contribution < 1.29 is 13.6 Å². The summed E-state index contributed by atoms with van der Waals surface area (Å²) in [6.07, 6.45) is 0. The third-order valence-corrected chi connectivity index (χ3v) is 3.18. The standard InChI is InChI=1S/C13H12ClF2N3O/c1-6(2)13(20)11-7(3)19(18-17-11)12-9(15)5-4-8(14)10(12)16/h4-6H,1-3H3. The molecule has 0 N–H and O–H groups in total. The summed E-state index contributed by atoms with van der Waals surface area (Å²) in [5.41, 5.74) is -0.0761. The SMILES string of the molecule is Cc1c(C(=O)C(C)C)nnn1-c1c(F)ccc(Cl)c1F. The van der Waals surface area contributed by atoms with Crippen molar-refractivity contribution >= 4 is 17.4 Å². The molecule has 2 aromatic rings. The summed E-state index contributed by atoms with van der Waals surface area (Å²) in [7, 11) is 0. The minimum atomic E-state index is -0.941. The van der Waals surface area contributed by atoms with Crippen molar-refractivity contribution in [1.82, 2.24) is 15.0 Å². The lowest BCUT2D eigenvalue weighted by molar-refractivity contribution is 0.0933. The van der Waals surface area contributed by atoms with E-state index in [2.05, 4.69) is 10.3 Å². The molecule has 0 unspecified atom stereocenters. The van der Waals surface area contributed by atoms with Crippen molar-refractivity contribution in [2.75, 3.05) is 0 Å². The third kappa shape index (κ3) is 2.31. The van der Waals surface area contributed by atoms with Crippen LogP contribution in [0.1, 0.15) is 30.0 Å². The predicted molar refractivity (Wildman–Crippen MR) is 70.2 cm³/mol. The van der Waals surface area contributed by atoms with Gasteiger partial charge >= 0.3 is 0 Å². The van der Waals surface area contributed by atoms with Crippen LogP contribution >= 0.6 is 11.6 Å². The van der Waals surface area contributed by atoms with Gasteiger partial charge in [0.05, 0.1) is 10.7 Å². The summed E-state index contributed by atoms with van der Waals surface area (Å²) in [6.45, 7) is 4.94. The smallest absolute Gasteiger partial charge is 0.187 e. The number of Topliss-reactive ketones (excluding diaryl/α,β-unsaturated/α-hetero) is 1. The molecule has 4 nitrogen and oxygen atoms in total. The first kappa shape index (κ1) is 14.6. The van der Waals surface area contributed by atoms with Crippen molar-refractivity contribution in [3.63, 3.8) is 0 Å². The molecule has 1 aromatic heterocycles. The number of rotatable bonds is 3. The second-order valence-electron chi connectivity index (χ2n) is 4.65. The van der Waals surface area contributed by atoms with E-state index in [0.29, 0.717) is 0 Å². The van der Waals surface area contributed by atoms with Crippen LogP contribution in [-0.4, -0.2) is 20.8 Å². The van der Waals surface area contributed by atoms with Crippen molar-refractivity contribution in [3.8, 4) is 5.69 Å². The highest BCUT2D eigenvalue weighted by Gasteiger charge is 2.23. The van der Waals surface area contributed by atoms with Gasteiger partial charge in [-0.15, -0.1) is 5.10 Å². The molecule has 0 aliphatic carbocycles. The van der Waals surface area contributed by atoms with Gasteiger partial charge in [0.15, 0.2) is 23.1 Å². The van der Waals surface area contributed by atoms with Crippen LogP contribution in [0.2, 0.25) is 5.02 Å². The monoisotopic (exact) mass is 299 g/mol. The average molecular weight is 300 g/mol. The fraction of sp³-hybridized carbons (Fsp3) is 0.308. The highest BCUT2D eigenvalue weighted by atomic mass is 35.5. The van der Waals surface area contributed by atoms with E-state index in [1.54, 1.807) is 13.8 Å². The van der Waals surface area contributed by atoms with E-state index in [-0.39, 0.29) is 28.1 Å². The van der Waals surface area contributed by atoms with Gasteiger partial charge < -0.3 is 0 Å². The van der Waals surface area contributed by atoms with E-state index >= 15 is 0 Å². The molecule has 1 heterocycles. The summed E-state index contributed by atoms with van der Waals surface area (Å²) < 4.78 is 28.7. The third-order valence-electron chi connectivity index (χ3n) is 2.88. The number of hydrogen-bond acceptors (Lipinski definition) is 3. The Kier molecular flexibility index (Phi) is 3.85. The maximum atomic E-state index is 14.0. The molecular weight excluding hydrogens is 288 g/mol. The van der Waals surface area contributed by atoms with Crippen molar-refractivity contribution in [2.45, 2.75) is 20.8 Å². The summed E-state index contributed by atoms with van der Waals surface area (Å²) >= 11 is 5.64. The molecule has 0 radical (unpaired) electrons. The molecule has 0 fully saturated rings. The minimum absolute atomic E-state index is 0.0961. The van der Waals surface area contributed by atoms with Crippen LogP contribution < -0.4 is 0 Å². The molecule has 0 aliphatic heterocycles. The summed E-state index contributed by atoms with van der Waals surface area (Å²) in [6, 6.07) is 2.15. The Hall–Kier alpha value is -1.82. The Morgan fingerprint density at radius 3 is 2.60 bits per heavy atom. The maximum absolute atomic E-state index is 14.0. The molecular formula is C13H12ClF2N3O. The topological polar surface area (TPSA) is 47.8 Å². The molecule has 0 aliphatic rings. The minimum Gasteiger partial charge on any atom is -0.292 e. The lowest BCUT2D eigenvalue weighted by Gasteiger charge is -2.08. The van der Waals surface area contributed by atoms with Gasteiger partial charge in [-0.3, -0.25) is 4.79 Å². The van der Waals surface area contributed by atoms with Crippen LogP contribution in [0.5, 0.6) is 0 Å². The summed E-state index contributed by atoms with van der Waals surface area (Å²) in [5, 5.41) is 7.14. The van der Waals surface area contributed by atoms with Crippen LogP contribution in [0.25, 0.3) is 5.69 Å². The Morgan fingerprint density at radius 1 is 1.35 bits per heavy atom. The van der Waals surface area contributed by atoms with Gasteiger partial charge in [-0.25, -0.2) is 13.5 Å². The normalized spacial score (nSPS) is 11.2. The fourth-order valence-corrected chi connectivity index (χ4v) is 1.91. The Labute approximate surface area is 119 Å². The Morgan fingerprint density at radius 2 is 2.00 bits per heavy atom. The lowest BCUT2D eigenvalue weighted by Crippen LogP contribution is -2.11. The van der Waals surface area contributed by atoms with E-state index < -0.39 is 17.3 Å². The number of carbonyl (C=O) groups is 1. The number of benzene rings is 1. The molecule has 1 aromatic carbocycles. The van der Waals surface area contributed by atoms with Gasteiger partial charge in [0, 0.05) is 5.92 Å². The molecule has 0 saturated heterocycles. The van der Waals surface area contributed by atoms with E-state index in [1.807, 2.05) is 0 Å². The molecule has 2 rings (SSSR count). The largest absolute Gasteiger partial charge is 0.292 e. The van der Waals surface area contributed by atoms with Crippen LogP contribution in [-0.2, 0) is 0 Å². The van der Waals surface area contributed by atoms with Gasteiger partial charge in [-0.2, -0.15) is 0 Å². The Bertz CT molecular complexity index is 682. The number of ketones is 1. The molecule has 0 bridgehead atoms. The van der Waals surface area contributed by atoms with Crippen molar-refractivity contribution in [3.05, 3.63) is 40.2 Å². The zero-order valence-electron chi connectivity index (χ0n) is 11.1. The van der Waals surface area contributed by atoms with E-state index in [9.17, 15) is 13.6 Å². The molecule has 0 saturated carbocycles. The van der Waals surface area contributed by atoms with Gasteiger partial charge in [-0.1, -0.05) is 30.7 Å². The van der Waals surface area contributed by atoms with E-state index in [4.69, 9.17) is 11.6 Å². The second-order valence-corrected chi connectivity index (χ2v) is 5.05. The average Bonchev–Trinajstić information content (AvgIpc) is 2.76.